The van der Waals surface area contributed by atoms with Gasteiger partial charge in [0.2, 0.25) is 0 Å². The van der Waals surface area contributed by atoms with E-state index in [0.717, 1.165) is 30.5 Å². The number of aromatic amines is 1. The van der Waals surface area contributed by atoms with Crippen molar-refractivity contribution in [1.29, 1.82) is 0 Å². The fourth-order valence-electron chi connectivity index (χ4n) is 2.99. The molecule has 0 amide bonds. The van der Waals surface area contributed by atoms with Gasteiger partial charge in [-0.25, -0.2) is 4.79 Å². The molecule has 0 radical (unpaired) electrons. The molecule has 0 aliphatic rings. The van der Waals surface area contributed by atoms with Crippen LogP contribution in [0.2, 0.25) is 0 Å². The summed E-state index contributed by atoms with van der Waals surface area (Å²) in [4.78, 5) is 29.1. The molecule has 8 heteroatoms. The Bertz CT molecular complexity index is 964. The van der Waals surface area contributed by atoms with Crippen molar-refractivity contribution in [2.24, 2.45) is 5.92 Å². The maximum atomic E-state index is 12.7. The van der Waals surface area contributed by atoms with Crippen molar-refractivity contribution in [3.05, 3.63) is 50.7 Å². The van der Waals surface area contributed by atoms with E-state index < -0.39 is 11.2 Å². The molecule has 0 aliphatic carbocycles. The number of nitrogens with two attached hydrogens (primary N) is 1. The van der Waals surface area contributed by atoms with Crippen LogP contribution in [0.1, 0.15) is 45.6 Å². The average molecular weight is 418 g/mol. The summed E-state index contributed by atoms with van der Waals surface area (Å²) in [6, 6.07) is 7.82. The van der Waals surface area contributed by atoms with Crippen LogP contribution < -0.4 is 27.2 Å². The highest BCUT2D eigenvalue weighted by Crippen LogP contribution is 2.21. The van der Waals surface area contributed by atoms with Crippen LogP contribution in [0.25, 0.3) is 0 Å². The zero-order valence-corrected chi connectivity index (χ0v) is 18.4. The smallest absolute Gasteiger partial charge is 0.330 e. The first-order chi connectivity index (χ1) is 13.7. The first-order valence-corrected chi connectivity index (χ1v) is 10.4. The van der Waals surface area contributed by atoms with Crippen molar-refractivity contribution in [3.8, 4) is 0 Å². The van der Waals surface area contributed by atoms with Gasteiger partial charge in [0.15, 0.2) is 10.8 Å². The van der Waals surface area contributed by atoms with Gasteiger partial charge < -0.3 is 16.0 Å². The van der Waals surface area contributed by atoms with E-state index in [1.54, 1.807) is 4.90 Å². The van der Waals surface area contributed by atoms with Gasteiger partial charge in [0.25, 0.3) is 5.56 Å². The molecule has 0 saturated heterocycles. The van der Waals surface area contributed by atoms with E-state index in [1.807, 2.05) is 38.1 Å². The lowest BCUT2D eigenvalue weighted by Crippen LogP contribution is -2.43. The number of H-pyrrole nitrogens is 1. The van der Waals surface area contributed by atoms with Crippen molar-refractivity contribution in [1.82, 2.24) is 9.55 Å². The van der Waals surface area contributed by atoms with Crippen LogP contribution >= 0.6 is 12.2 Å². The highest BCUT2D eigenvalue weighted by molar-refractivity contribution is 7.80. The normalized spacial score (nSPS) is 10.9. The van der Waals surface area contributed by atoms with Crippen molar-refractivity contribution in [2.45, 2.75) is 53.5 Å². The van der Waals surface area contributed by atoms with E-state index in [0.29, 0.717) is 24.1 Å². The van der Waals surface area contributed by atoms with Gasteiger partial charge in [-0.3, -0.25) is 14.3 Å². The molecule has 0 fully saturated rings. The summed E-state index contributed by atoms with van der Waals surface area (Å²) in [5.41, 5.74) is 7.42. The van der Waals surface area contributed by atoms with E-state index in [-0.39, 0.29) is 11.5 Å². The molecule has 29 heavy (non-hydrogen) atoms. The number of aryl methyl sites for hydroxylation is 1. The Morgan fingerprint density at radius 2 is 2.07 bits per heavy atom. The molecule has 1 heterocycles. The zero-order chi connectivity index (χ0) is 21.6. The van der Waals surface area contributed by atoms with E-state index in [2.05, 4.69) is 24.1 Å². The molecule has 0 spiro atoms. The SMILES string of the molecule is CCCCn1c(N)c(N(CCC(C)C)C(=S)Nc2cccc(C)c2)c(=O)[nH]c1=O. The number of rotatable bonds is 8. The zero-order valence-electron chi connectivity index (χ0n) is 17.6. The minimum absolute atomic E-state index is 0.143. The van der Waals surface area contributed by atoms with E-state index in [4.69, 9.17) is 18.0 Å². The topological polar surface area (TPSA) is 96.2 Å². The molecular weight excluding hydrogens is 386 g/mol. The molecule has 0 atom stereocenters. The van der Waals surface area contributed by atoms with E-state index in [9.17, 15) is 9.59 Å². The van der Waals surface area contributed by atoms with E-state index in [1.165, 1.54) is 4.57 Å². The Hall–Kier alpha value is -2.61. The van der Waals surface area contributed by atoms with Gasteiger partial charge in [0.05, 0.1) is 0 Å². The second kappa shape index (κ2) is 10.2. The maximum absolute atomic E-state index is 12.7. The number of nitrogen functional groups attached to an aromatic ring is 1. The van der Waals surface area contributed by atoms with Crippen LogP contribution in [0, 0.1) is 12.8 Å². The molecule has 2 aromatic rings. The highest BCUT2D eigenvalue weighted by atomic mass is 32.1. The predicted molar refractivity (Wildman–Crippen MR) is 125 cm³/mol. The highest BCUT2D eigenvalue weighted by Gasteiger charge is 2.22. The molecule has 158 valence electrons. The van der Waals surface area contributed by atoms with Crippen LogP contribution in [0.4, 0.5) is 17.2 Å². The molecular formula is C21H31N5O2S. The van der Waals surface area contributed by atoms with Gasteiger partial charge in [-0.1, -0.05) is 39.3 Å². The van der Waals surface area contributed by atoms with Crippen molar-refractivity contribution in [2.75, 3.05) is 22.5 Å². The third-order valence-electron chi connectivity index (χ3n) is 4.66. The van der Waals surface area contributed by atoms with Crippen molar-refractivity contribution >= 4 is 34.5 Å². The summed E-state index contributed by atoms with van der Waals surface area (Å²) in [6.45, 7) is 9.19. The summed E-state index contributed by atoms with van der Waals surface area (Å²) in [5, 5.41) is 3.57. The fourth-order valence-corrected chi connectivity index (χ4v) is 3.29. The van der Waals surface area contributed by atoms with Gasteiger partial charge >= 0.3 is 5.69 Å². The summed E-state index contributed by atoms with van der Waals surface area (Å²) in [7, 11) is 0. The second-order valence-electron chi connectivity index (χ2n) is 7.63. The van der Waals surface area contributed by atoms with Crippen LogP contribution in [-0.2, 0) is 6.54 Å². The number of nitrogens with one attached hydrogen (secondary N) is 2. The molecule has 4 N–H and O–H groups in total. The lowest BCUT2D eigenvalue weighted by Gasteiger charge is -2.28. The summed E-state index contributed by atoms with van der Waals surface area (Å²) < 4.78 is 1.41. The molecule has 0 unspecified atom stereocenters. The Morgan fingerprint density at radius 3 is 2.69 bits per heavy atom. The molecule has 0 saturated carbocycles. The minimum Gasteiger partial charge on any atom is -0.383 e. The number of nitrogens with zero attached hydrogens (tertiary/aromatic N) is 2. The predicted octanol–water partition coefficient (Wildman–Crippen LogP) is 3.48. The molecule has 2 rings (SSSR count). The van der Waals surface area contributed by atoms with Crippen LogP contribution in [0.15, 0.2) is 33.9 Å². The number of benzene rings is 1. The van der Waals surface area contributed by atoms with Gasteiger partial charge in [-0.2, -0.15) is 0 Å². The summed E-state index contributed by atoms with van der Waals surface area (Å²) in [5.74, 6) is 0.551. The number of hydrogen-bond donors (Lipinski definition) is 3. The quantitative estimate of drug-likeness (QED) is 0.569. The van der Waals surface area contributed by atoms with Gasteiger partial charge in [-0.15, -0.1) is 0 Å². The fraction of sp³-hybridized carbons (Fsp3) is 0.476. The third kappa shape index (κ3) is 5.93. The monoisotopic (exact) mass is 417 g/mol. The van der Waals surface area contributed by atoms with Crippen molar-refractivity contribution < 1.29 is 0 Å². The van der Waals surface area contributed by atoms with Gasteiger partial charge in [0, 0.05) is 18.8 Å². The Kier molecular flexibility index (Phi) is 8.01. The number of aromatic nitrogens is 2. The largest absolute Gasteiger partial charge is 0.383 e. The number of hydrogen-bond acceptors (Lipinski definition) is 4. The van der Waals surface area contributed by atoms with Crippen LogP contribution in [-0.4, -0.2) is 21.2 Å². The lowest BCUT2D eigenvalue weighted by atomic mass is 10.1. The molecule has 1 aromatic carbocycles. The Balaban J connectivity index is 2.47. The molecule has 0 aliphatic heterocycles. The maximum Gasteiger partial charge on any atom is 0.330 e. The lowest BCUT2D eigenvalue weighted by molar-refractivity contribution is 0.588. The van der Waals surface area contributed by atoms with Gasteiger partial charge in [-0.05, 0) is 55.6 Å². The summed E-state index contributed by atoms with van der Waals surface area (Å²) >= 11 is 5.64. The Morgan fingerprint density at radius 1 is 1.34 bits per heavy atom. The number of unbranched alkanes of at least 4 members (excludes halogenated alkanes) is 1. The minimum atomic E-state index is -0.530. The van der Waals surface area contributed by atoms with Crippen LogP contribution in [0.3, 0.4) is 0 Å². The second-order valence-corrected chi connectivity index (χ2v) is 8.02. The van der Waals surface area contributed by atoms with E-state index >= 15 is 0 Å². The first-order valence-electron chi connectivity index (χ1n) is 10.0. The molecule has 1 aromatic heterocycles. The van der Waals surface area contributed by atoms with Crippen LogP contribution in [0.5, 0.6) is 0 Å². The number of thiocarbonyl (C=S) groups is 1. The third-order valence-corrected chi connectivity index (χ3v) is 4.99. The van der Waals surface area contributed by atoms with Crippen molar-refractivity contribution in [3.63, 3.8) is 0 Å². The summed E-state index contributed by atoms with van der Waals surface area (Å²) in [6.07, 6.45) is 2.50. The first kappa shape index (κ1) is 22.7. The standard InChI is InChI=1S/C21H31N5O2S/c1-5-6-11-26-18(22)17(19(27)24-20(26)28)25(12-10-14(2)3)21(29)23-16-9-7-8-15(4)13-16/h7-9,13-14H,5-6,10-12,22H2,1-4H3,(H,23,29)(H,24,27,28). The average Bonchev–Trinajstić information content (AvgIpc) is 2.63. The number of anilines is 3. The molecule has 0 bridgehead atoms. The Labute approximate surface area is 176 Å². The molecule has 7 nitrogen and oxygen atoms in total. The van der Waals surface area contributed by atoms with Gasteiger partial charge in [0.1, 0.15) is 5.82 Å².